The highest BCUT2D eigenvalue weighted by molar-refractivity contribution is 5.77. The molecule has 8 heteroatoms. The van der Waals surface area contributed by atoms with Gasteiger partial charge in [-0.3, -0.25) is 0 Å². The molecule has 0 amide bonds. The van der Waals surface area contributed by atoms with E-state index in [4.69, 9.17) is 28.4 Å². The Balaban J connectivity index is 1.35. The highest BCUT2D eigenvalue weighted by atomic mass is 16.8. The summed E-state index contributed by atoms with van der Waals surface area (Å²) in [6, 6.07) is 28.8. The third kappa shape index (κ3) is 7.14. The van der Waals surface area contributed by atoms with Crippen LogP contribution in [0.4, 0.5) is 0 Å². The Morgan fingerprint density at radius 2 is 1.38 bits per heavy atom. The van der Waals surface area contributed by atoms with Crippen molar-refractivity contribution >= 4 is 5.97 Å². The molecule has 3 aromatic carbocycles. The van der Waals surface area contributed by atoms with E-state index in [-0.39, 0.29) is 26.2 Å². The Bertz CT molecular complexity index is 1220. The SMILES string of the molecule is CC1(C)O[C@H]2[C@@H]([C@@H](COCc3ccccc3)OCc3ccccc3)OC(O)(C(=O)OCc3ccccc3)C[C@H]2O1. The van der Waals surface area contributed by atoms with Crippen LogP contribution in [0.1, 0.15) is 37.0 Å². The van der Waals surface area contributed by atoms with Crippen LogP contribution in [0.15, 0.2) is 91.0 Å². The number of aliphatic hydroxyl groups is 1. The number of hydrogen-bond donors (Lipinski definition) is 1. The van der Waals surface area contributed by atoms with Crippen molar-refractivity contribution in [3.05, 3.63) is 108 Å². The quantitative estimate of drug-likeness (QED) is 0.350. The minimum atomic E-state index is -2.25. The van der Waals surface area contributed by atoms with Gasteiger partial charge in [-0.15, -0.1) is 0 Å². The third-order valence-electron chi connectivity index (χ3n) is 6.95. The van der Waals surface area contributed by atoms with Crippen LogP contribution in [0.5, 0.6) is 0 Å². The Labute approximate surface area is 234 Å². The first-order valence-electron chi connectivity index (χ1n) is 13.6. The molecule has 2 aliphatic heterocycles. The van der Waals surface area contributed by atoms with Gasteiger partial charge < -0.3 is 33.5 Å². The van der Waals surface area contributed by atoms with Crippen LogP contribution in [0.3, 0.4) is 0 Å². The van der Waals surface area contributed by atoms with Crippen molar-refractivity contribution in [2.24, 2.45) is 0 Å². The van der Waals surface area contributed by atoms with Gasteiger partial charge in [0.2, 0.25) is 0 Å². The molecule has 5 rings (SSSR count). The molecule has 2 saturated heterocycles. The van der Waals surface area contributed by atoms with Crippen molar-refractivity contribution in [3.63, 3.8) is 0 Å². The van der Waals surface area contributed by atoms with Gasteiger partial charge in [0, 0.05) is 6.42 Å². The van der Waals surface area contributed by atoms with E-state index in [1.165, 1.54) is 0 Å². The summed E-state index contributed by atoms with van der Waals surface area (Å²) in [5.41, 5.74) is 2.77. The van der Waals surface area contributed by atoms with Gasteiger partial charge in [-0.25, -0.2) is 4.79 Å². The second-order valence-corrected chi connectivity index (χ2v) is 10.6. The normalized spacial score (nSPS) is 26.1. The number of carbonyl (C=O) groups excluding carboxylic acids is 1. The van der Waals surface area contributed by atoms with Gasteiger partial charge in [0.1, 0.15) is 24.9 Å². The third-order valence-corrected chi connectivity index (χ3v) is 6.95. The van der Waals surface area contributed by atoms with Crippen molar-refractivity contribution in [1.82, 2.24) is 0 Å². The average Bonchev–Trinajstić information content (AvgIpc) is 3.28. The molecule has 3 aromatic rings. The standard InChI is InChI=1S/C32H36O8/c1-31(2)38-26-18-32(34,30(33)37-21-25-16-10-5-11-17-25)40-29(28(26)39-31)27(36-20-24-14-8-4-9-15-24)22-35-19-23-12-6-3-7-13-23/h3-17,26-29,34H,18-22H2,1-2H3/t26-,27-,28-,29-,32?/m1/s1. The molecule has 0 saturated carbocycles. The van der Waals surface area contributed by atoms with Gasteiger partial charge in [-0.2, -0.15) is 0 Å². The fraction of sp³-hybridized carbons (Fsp3) is 0.406. The van der Waals surface area contributed by atoms with Gasteiger partial charge in [0.25, 0.3) is 5.79 Å². The maximum absolute atomic E-state index is 13.2. The molecule has 1 N–H and O–H groups in total. The molecule has 8 nitrogen and oxygen atoms in total. The smallest absolute Gasteiger partial charge is 0.367 e. The fourth-order valence-electron chi connectivity index (χ4n) is 5.05. The molecule has 0 spiro atoms. The van der Waals surface area contributed by atoms with Crippen molar-refractivity contribution in [3.8, 4) is 0 Å². The lowest BCUT2D eigenvalue weighted by molar-refractivity contribution is -0.303. The molecule has 212 valence electrons. The second kappa shape index (κ2) is 12.6. The van der Waals surface area contributed by atoms with E-state index < -0.39 is 42.0 Å². The highest BCUT2D eigenvalue weighted by Gasteiger charge is 2.59. The summed E-state index contributed by atoms with van der Waals surface area (Å²) in [6.45, 7) is 4.36. The Kier molecular flexibility index (Phi) is 8.95. The summed E-state index contributed by atoms with van der Waals surface area (Å²) in [5, 5.41) is 11.5. The van der Waals surface area contributed by atoms with Crippen LogP contribution in [0, 0.1) is 0 Å². The van der Waals surface area contributed by atoms with Gasteiger partial charge >= 0.3 is 5.97 Å². The van der Waals surface area contributed by atoms with Crippen LogP contribution in [-0.4, -0.2) is 53.7 Å². The second-order valence-electron chi connectivity index (χ2n) is 10.6. The highest BCUT2D eigenvalue weighted by Crippen LogP contribution is 2.42. The fourth-order valence-corrected chi connectivity index (χ4v) is 5.05. The first-order chi connectivity index (χ1) is 19.3. The average molecular weight is 549 g/mol. The van der Waals surface area contributed by atoms with E-state index in [0.717, 1.165) is 16.7 Å². The molecule has 40 heavy (non-hydrogen) atoms. The van der Waals surface area contributed by atoms with E-state index >= 15 is 0 Å². The molecule has 0 bridgehead atoms. The Morgan fingerprint density at radius 1 is 0.825 bits per heavy atom. The van der Waals surface area contributed by atoms with E-state index in [2.05, 4.69) is 0 Å². The number of carbonyl (C=O) groups is 1. The molecule has 1 unspecified atom stereocenters. The van der Waals surface area contributed by atoms with Crippen LogP contribution in [-0.2, 0) is 53.0 Å². The summed E-state index contributed by atoms with van der Waals surface area (Å²) in [5.74, 6) is -4.08. The van der Waals surface area contributed by atoms with Crippen LogP contribution in [0.2, 0.25) is 0 Å². The van der Waals surface area contributed by atoms with Crippen molar-refractivity contribution in [2.45, 2.75) is 76.1 Å². The van der Waals surface area contributed by atoms with Crippen LogP contribution in [0.25, 0.3) is 0 Å². The van der Waals surface area contributed by atoms with Crippen molar-refractivity contribution < 1.29 is 38.3 Å². The minimum Gasteiger partial charge on any atom is -0.457 e. The summed E-state index contributed by atoms with van der Waals surface area (Å²) in [4.78, 5) is 13.2. The molecular weight excluding hydrogens is 512 g/mol. The molecule has 0 aromatic heterocycles. The Morgan fingerprint density at radius 3 is 1.98 bits per heavy atom. The molecular formula is C32H36O8. The molecule has 2 aliphatic rings. The number of fused-ring (bicyclic) bond motifs is 1. The van der Waals surface area contributed by atoms with Crippen LogP contribution < -0.4 is 0 Å². The topological polar surface area (TPSA) is 92.7 Å². The minimum absolute atomic E-state index is 0.00107. The monoisotopic (exact) mass is 548 g/mol. The van der Waals surface area contributed by atoms with Gasteiger partial charge in [-0.1, -0.05) is 91.0 Å². The summed E-state index contributed by atoms with van der Waals surface area (Å²) in [6.07, 6.45) is -2.93. The van der Waals surface area contributed by atoms with Crippen LogP contribution >= 0.6 is 0 Å². The summed E-state index contributed by atoms with van der Waals surface area (Å²) >= 11 is 0. The molecule has 2 fully saturated rings. The summed E-state index contributed by atoms with van der Waals surface area (Å²) in [7, 11) is 0. The zero-order valence-electron chi connectivity index (χ0n) is 22.8. The first kappa shape index (κ1) is 28.4. The maximum Gasteiger partial charge on any atom is 0.367 e. The lowest BCUT2D eigenvalue weighted by Gasteiger charge is -2.43. The van der Waals surface area contributed by atoms with Crippen molar-refractivity contribution in [2.75, 3.05) is 6.61 Å². The first-order valence-corrected chi connectivity index (χ1v) is 13.6. The van der Waals surface area contributed by atoms with Gasteiger partial charge in [-0.05, 0) is 30.5 Å². The van der Waals surface area contributed by atoms with E-state index in [0.29, 0.717) is 6.61 Å². The predicted molar refractivity (Wildman–Crippen MR) is 146 cm³/mol. The largest absolute Gasteiger partial charge is 0.457 e. The number of benzene rings is 3. The number of hydrogen-bond acceptors (Lipinski definition) is 8. The lowest BCUT2D eigenvalue weighted by atomic mass is 9.92. The van der Waals surface area contributed by atoms with E-state index in [1.807, 2.05) is 91.0 Å². The summed E-state index contributed by atoms with van der Waals surface area (Å²) < 4.78 is 36.4. The molecule has 5 atom stereocenters. The zero-order chi connectivity index (χ0) is 28.0. The molecule has 0 radical (unpaired) electrons. The Hall–Kier alpha value is -3.11. The van der Waals surface area contributed by atoms with Gasteiger partial charge in [0.05, 0.1) is 25.9 Å². The van der Waals surface area contributed by atoms with Gasteiger partial charge in [0.15, 0.2) is 5.79 Å². The zero-order valence-corrected chi connectivity index (χ0v) is 22.8. The van der Waals surface area contributed by atoms with E-state index in [1.54, 1.807) is 13.8 Å². The maximum atomic E-state index is 13.2. The number of ether oxygens (including phenoxy) is 6. The molecule has 2 heterocycles. The number of esters is 1. The predicted octanol–water partition coefficient (Wildman–Crippen LogP) is 4.53. The van der Waals surface area contributed by atoms with Crippen molar-refractivity contribution in [1.29, 1.82) is 0 Å². The number of rotatable bonds is 11. The van der Waals surface area contributed by atoms with E-state index in [9.17, 15) is 9.90 Å². The lowest BCUT2D eigenvalue weighted by Crippen LogP contribution is -2.61. The molecule has 0 aliphatic carbocycles.